The van der Waals surface area contributed by atoms with Gasteiger partial charge in [0.1, 0.15) is 0 Å². The van der Waals surface area contributed by atoms with Gasteiger partial charge in [0.25, 0.3) is 0 Å². The summed E-state index contributed by atoms with van der Waals surface area (Å²) in [5.41, 5.74) is 0. The molecule has 0 aromatic heterocycles. The molecule has 0 aliphatic rings. The normalized spacial score (nSPS) is 9.00. The summed E-state index contributed by atoms with van der Waals surface area (Å²) in [7, 11) is 3.16. The SMILES string of the molecule is BrCCBr.COc1ccccc1O.COc1ccccc1OCCBr. The van der Waals surface area contributed by atoms with Gasteiger partial charge in [-0.3, -0.25) is 0 Å². The molecule has 2 aromatic carbocycles. The molecule has 0 atom stereocenters. The van der Waals surface area contributed by atoms with Crippen LogP contribution in [0.4, 0.5) is 0 Å². The Bertz CT molecular complexity index is 566. The average molecular weight is 543 g/mol. The Morgan fingerprint density at radius 3 is 1.60 bits per heavy atom. The number of halogens is 3. The van der Waals surface area contributed by atoms with Crippen molar-refractivity contribution in [3.8, 4) is 23.0 Å². The number of ether oxygens (including phenoxy) is 3. The zero-order valence-corrected chi connectivity index (χ0v) is 19.0. The zero-order chi connectivity index (χ0) is 18.9. The molecule has 0 heterocycles. The molecule has 0 bridgehead atoms. The molecule has 0 spiro atoms. The second kappa shape index (κ2) is 16.5. The Labute approximate surface area is 174 Å². The van der Waals surface area contributed by atoms with Crippen LogP contribution in [0.2, 0.25) is 0 Å². The summed E-state index contributed by atoms with van der Waals surface area (Å²) in [6.45, 7) is 0.653. The lowest BCUT2D eigenvalue weighted by atomic mass is 10.3. The molecular formula is C18H23Br3O4. The first kappa shape index (κ1) is 24.1. The smallest absolute Gasteiger partial charge is 0.161 e. The largest absolute Gasteiger partial charge is 0.504 e. The van der Waals surface area contributed by atoms with Gasteiger partial charge >= 0.3 is 0 Å². The molecule has 0 amide bonds. The molecular weight excluding hydrogens is 520 g/mol. The minimum absolute atomic E-state index is 0.181. The highest BCUT2D eigenvalue weighted by atomic mass is 79.9. The average Bonchev–Trinajstić information content (AvgIpc) is 2.67. The van der Waals surface area contributed by atoms with E-state index in [0.717, 1.165) is 27.5 Å². The number of phenolic OH excluding ortho intramolecular Hbond substituents is 1. The zero-order valence-electron chi connectivity index (χ0n) is 14.3. The van der Waals surface area contributed by atoms with Crippen LogP contribution in [0.15, 0.2) is 48.5 Å². The molecule has 140 valence electrons. The van der Waals surface area contributed by atoms with Crippen molar-refractivity contribution in [2.24, 2.45) is 0 Å². The van der Waals surface area contributed by atoms with E-state index < -0.39 is 0 Å². The third-order valence-electron chi connectivity index (χ3n) is 2.56. The van der Waals surface area contributed by atoms with Crippen LogP contribution in [0.5, 0.6) is 23.0 Å². The summed E-state index contributed by atoms with van der Waals surface area (Å²) in [6.07, 6.45) is 0. The van der Waals surface area contributed by atoms with Crippen LogP contribution in [0.25, 0.3) is 0 Å². The Morgan fingerprint density at radius 2 is 1.20 bits per heavy atom. The predicted molar refractivity (Wildman–Crippen MR) is 115 cm³/mol. The van der Waals surface area contributed by atoms with Gasteiger partial charge in [-0.1, -0.05) is 72.1 Å². The van der Waals surface area contributed by atoms with E-state index in [9.17, 15) is 0 Å². The van der Waals surface area contributed by atoms with E-state index in [4.69, 9.17) is 19.3 Å². The number of phenols is 1. The van der Waals surface area contributed by atoms with Gasteiger partial charge in [0.15, 0.2) is 23.0 Å². The van der Waals surface area contributed by atoms with Crippen molar-refractivity contribution in [3.05, 3.63) is 48.5 Å². The van der Waals surface area contributed by atoms with Crippen LogP contribution >= 0.6 is 47.8 Å². The van der Waals surface area contributed by atoms with Gasteiger partial charge in [0.05, 0.1) is 20.8 Å². The molecule has 4 nitrogen and oxygen atoms in total. The molecule has 2 aromatic rings. The highest BCUT2D eigenvalue weighted by molar-refractivity contribution is 9.12. The number of benzene rings is 2. The molecule has 25 heavy (non-hydrogen) atoms. The van der Waals surface area contributed by atoms with Crippen LogP contribution in [-0.4, -0.2) is 41.9 Å². The van der Waals surface area contributed by atoms with Crippen LogP contribution in [-0.2, 0) is 0 Å². The standard InChI is InChI=1S/C9H11BrO2.C7H8O2.C2H4Br2/c1-11-8-4-2-3-5-9(8)12-7-6-10;1-9-7-5-3-2-4-6(7)8;3-1-2-4/h2-5H,6-7H2,1H3;2-5,8H,1H3;1-2H2. The summed E-state index contributed by atoms with van der Waals surface area (Å²) in [4.78, 5) is 0. The van der Waals surface area contributed by atoms with E-state index in [1.165, 1.54) is 7.11 Å². The fourth-order valence-corrected chi connectivity index (χ4v) is 1.68. The van der Waals surface area contributed by atoms with E-state index in [1.54, 1.807) is 31.4 Å². The Hall–Kier alpha value is -0.920. The Kier molecular flexibility index (Phi) is 15.9. The number of rotatable bonds is 6. The van der Waals surface area contributed by atoms with Crippen molar-refractivity contribution in [3.63, 3.8) is 0 Å². The highest BCUT2D eigenvalue weighted by Gasteiger charge is 2.00. The Balaban J connectivity index is 0.000000391. The monoisotopic (exact) mass is 540 g/mol. The summed E-state index contributed by atoms with van der Waals surface area (Å²) in [5, 5.41) is 11.9. The second-order valence-electron chi connectivity index (χ2n) is 4.24. The van der Waals surface area contributed by atoms with Crippen molar-refractivity contribution in [1.29, 1.82) is 0 Å². The maximum absolute atomic E-state index is 8.99. The first-order chi connectivity index (χ1) is 12.1. The number of alkyl halides is 3. The summed E-state index contributed by atoms with van der Waals surface area (Å²) in [5.74, 6) is 2.26. The van der Waals surface area contributed by atoms with E-state index in [-0.39, 0.29) is 5.75 Å². The van der Waals surface area contributed by atoms with Crippen LogP contribution in [0.3, 0.4) is 0 Å². The number of para-hydroxylation sites is 4. The first-order valence-electron chi connectivity index (χ1n) is 7.40. The third-order valence-corrected chi connectivity index (χ3v) is 4.74. The fraction of sp³-hybridized carbons (Fsp3) is 0.333. The van der Waals surface area contributed by atoms with Gasteiger partial charge < -0.3 is 19.3 Å². The second-order valence-corrected chi connectivity index (χ2v) is 6.62. The van der Waals surface area contributed by atoms with Crippen molar-refractivity contribution in [2.75, 3.05) is 36.8 Å². The van der Waals surface area contributed by atoms with Gasteiger partial charge in [-0.05, 0) is 24.3 Å². The molecule has 7 heteroatoms. The van der Waals surface area contributed by atoms with Crippen molar-refractivity contribution in [1.82, 2.24) is 0 Å². The lowest BCUT2D eigenvalue weighted by Gasteiger charge is -2.08. The maximum Gasteiger partial charge on any atom is 0.161 e. The number of hydrogen-bond donors (Lipinski definition) is 1. The summed E-state index contributed by atoms with van der Waals surface area (Å²) in [6, 6.07) is 14.4. The number of methoxy groups -OCH3 is 2. The minimum Gasteiger partial charge on any atom is -0.504 e. The molecule has 0 saturated carbocycles. The first-order valence-corrected chi connectivity index (χ1v) is 10.8. The topological polar surface area (TPSA) is 47.9 Å². The van der Waals surface area contributed by atoms with E-state index in [0.29, 0.717) is 12.4 Å². The maximum atomic E-state index is 8.99. The van der Waals surface area contributed by atoms with E-state index in [2.05, 4.69) is 47.8 Å². The van der Waals surface area contributed by atoms with Crippen molar-refractivity contribution in [2.45, 2.75) is 0 Å². The molecule has 0 aliphatic heterocycles. The summed E-state index contributed by atoms with van der Waals surface area (Å²) >= 11 is 9.69. The molecule has 0 unspecified atom stereocenters. The van der Waals surface area contributed by atoms with Gasteiger partial charge in [-0.2, -0.15) is 0 Å². The predicted octanol–water partition coefficient (Wildman–Crippen LogP) is 5.65. The Morgan fingerprint density at radius 1 is 0.720 bits per heavy atom. The van der Waals surface area contributed by atoms with Gasteiger partial charge in [0, 0.05) is 16.0 Å². The van der Waals surface area contributed by atoms with E-state index in [1.807, 2.05) is 24.3 Å². The molecule has 0 fully saturated rings. The molecule has 2 rings (SSSR count). The fourth-order valence-electron chi connectivity index (χ4n) is 1.52. The van der Waals surface area contributed by atoms with Crippen LogP contribution in [0, 0.1) is 0 Å². The molecule has 0 aliphatic carbocycles. The van der Waals surface area contributed by atoms with Crippen molar-refractivity contribution < 1.29 is 19.3 Å². The summed E-state index contributed by atoms with van der Waals surface area (Å²) < 4.78 is 15.3. The highest BCUT2D eigenvalue weighted by Crippen LogP contribution is 2.25. The molecule has 0 saturated heterocycles. The third kappa shape index (κ3) is 11.3. The number of aromatic hydroxyl groups is 1. The minimum atomic E-state index is 0.181. The lowest BCUT2D eigenvalue weighted by molar-refractivity contribution is 0.314. The van der Waals surface area contributed by atoms with Gasteiger partial charge in [0.2, 0.25) is 0 Å². The molecule has 1 N–H and O–H groups in total. The lowest BCUT2D eigenvalue weighted by Crippen LogP contribution is -1.99. The van der Waals surface area contributed by atoms with Gasteiger partial charge in [-0.15, -0.1) is 0 Å². The van der Waals surface area contributed by atoms with Crippen molar-refractivity contribution >= 4 is 47.8 Å². The van der Waals surface area contributed by atoms with Gasteiger partial charge in [-0.25, -0.2) is 0 Å². The van der Waals surface area contributed by atoms with Crippen LogP contribution < -0.4 is 14.2 Å². The van der Waals surface area contributed by atoms with E-state index >= 15 is 0 Å². The van der Waals surface area contributed by atoms with Crippen LogP contribution in [0.1, 0.15) is 0 Å². The molecule has 0 radical (unpaired) electrons. The quantitative estimate of drug-likeness (QED) is 0.480. The number of hydrogen-bond acceptors (Lipinski definition) is 4.